The van der Waals surface area contributed by atoms with Crippen LogP contribution in [0.4, 0.5) is 0 Å². The molecule has 0 radical (unpaired) electrons. The van der Waals surface area contributed by atoms with Gasteiger partial charge in [-0.1, -0.05) is 0 Å². The van der Waals surface area contributed by atoms with Crippen molar-refractivity contribution in [3.63, 3.8) is 0 Å². The van der Waals surface area contributed by atoms with E-state index in [4.69, 9.17) is 4.74 Å². The van der Waals surface area contributed by atoms with E-state index in [-0.39, 0.29) is 0 Å². The standard InChI is InChI=1S/C9H17NOS/c1-11-8-2-4-9(5-3-8)10-6-7-12-9/h8,10H,2-7H2,1H3. The maximum Gasteiger partial charge on any atom is 0.0647 e. The molecule has 2 rings (SSSR count). The number of methoxy groups -OCH3 is 1. The Hall–Kier alpha value is 0.270. The molecule has 1 saturated heterocycles. The summed E-state index contributed by atoms with van der Waals surface area (Å²) in [5.41, 5.74) is 0. The van der Waals surface area contributed by atoms with Gasteiger partial charge in [0.25, 0.3) is 0 Å². The summed E-state index contributed by atoms with van der Waals surface area (Å²) in [5.74, 6) is 1.29. The molecule has 1 aliphatic carbocycles. The molecule has 0 unspecified atom stereocenters. The Morgan fingerprint density at radius 2 is 2.17 bits per heavy atom. The first-order valence-corrected chi connectivity index (χ1v) is 5.75. The lowest BCUT2D eigenvalue weighted by molar-refractivity contribution is 0.0592. The first kappa shape index (κ1) is 8.85. The van der Waals surface area contributed by atoms with Gasteiger partial charge in [-0.25, -0.2) is 0 Å². The first-order chi connectivity index (χ1) is 5.85. The third-order valence-electron chi connectivity index (χ3n) is 3.00. The van der Waals surface area contributed by atoms with E-state index in [0.717, 1.165) is 0 Å². The van der Waals surface area contributed by atoms with Crippen LogP contribution in [-0.2, 0) is 4.74 Å². The lowest BCUT2D eigenvalue weighted by Crippen LogP contribution is -2.42. The van der Waals surface area contributed by atoms with Crippen molar-refractivity contribution >= 4 is 11.8 Å². The van der Waals surface area contributed by atoms with Crippen molar-refractivity contribution in [2.45, 2.75) is 36.7 Å². The van der Waals surface area contributed by atoms with Gasteiger partial charge in [0.05, 0.1) is 11.0 Å². The number of nitrogens with one attached hydrogen (secondary N) is 1. The SMILES string of the molecule is COC1CCC2(CC1)NCCS2. The van der Waals surface area contributed by atoms with Crippen molar-refractivity contribution < 1.29 is 4.74 Å². The Kier molecular flexibility index (Phi) is 2.63. The average Bonchev–Trinajstić information content (AvgIpc) is 2.55. The molecule has 0 aromatic rings. The van der Waals surface area contributed by atoms with E-state index >= 15 is 0 Å². The van der Waals surface area contributed by atoms with Crippen LogP contribution in [0.25, 0.3) is 0 Å². The number of ether oxygens (including phenoxy) is 1. The molecule has 1 N–H and O–H groups in total. The Labute approximate surface area is 78.4 Å². The third kappa shape index (κ3) is 1.63. The Bertz CT molecular complexity index is 147. The van der Waals surface area contributed by atoms with Crippen molar-refractivity contribution in [3.05, 3.63) is 0 Å². The summed E-state index contributed by atoms with van der Waals surface area (Å²) in [7, 11) is 1.83. The lowest BCUT2D eigenvalue weighted by atomic mass is 9.92. The van der Waals surface area contributed by atoms with Gasteiger partial charge in [0.1, 0.15) is 0 Å². The van der Waals surface area contributed by atoms with Gasteiger partial charge < -0.3 is 10.1 Å². The van der Waals surface area contributed by atoms with E-state index in [2.05, 4.69) is 17.1 Å². The summed E-state index contributed by atoms with van der Waals surface area (Å²) < 4.78 is 5.36. The van der Waals surface area contributed by atoms with Gasteiger partial charge in [0, 0.05) is 19.4 Å². The van der Waals surface area contributed by atoms with Crippen LogP contribution in [0.15, 0.2) is 0 Å². The van der Waals surface area contributed by atoms with E-state index in [1.165, 1.54) is 38.0 Å². The predicted molar refractivity (Wildman–Crippen MR) is 52.5 cm³/mol. The molecule has 0 bridgehead atoms. The molecule has 0 amide bonds. The Morgan fingerprint density at radius 1 is 1.42 bits per heavy atom. The molecule has 0 aromatic carbocycles. The van der Waals surface area contributed by atoms with Gasteiger partial charge >= 0.3 is 0 Å². The van der Waals surface area contributed by atoms with E-state index in [1.807, 2.05) is 7.11 Å². The topological polar surface area (TPSA) is 21.3 Å². The monoisotopic (exact) mass is 187 g/mol. The lowest BCUT2D eigenvalue weighted by Gasteiger charge is -2.36. The summed E-state index contributed by atoms with van der Waals surface area (Å²) in [6, 6.07) is 0. The molecular formula is C9H17NOS. The molecular weight excluding hydrogens is 170 g/mol. The second-order valence-corrected chi connectivity index (χ2v) is 5.18. The maximum atomic E-state index is 5.36. The Balaban J connectivity index is 1.88. The highest BCUT2D eigenvalue weighted by atomic mass is 32.2. The smallest absolute Gasteiger partial charge is 0.0647 e. The van der Waals surface area contributed by atoms with E-state index in [1.54, 1.807) is 0 Å². The quantitative estimate of drug-likeness (QED) is 0.674. The molecule has 2 nitrogen and oxygen atoms in total. The zero-order valence-corrected chi connectivity index (χ0v) is 8.45. The normalized spacial score (nSPS) is 42.2. The number of rotatable bonds is 1. The van der Waals surface area contributed by atoms with E-state index in [0.29, 0.717) is 11.0 Å². The highest BCUT2D eigenvalue weighted by Gasteiger charge is 2.37. The first-order valence-electron chi connectivity index (χ1n) is 4.76. The number of hydrogen-bond donors (Lipinski definition) is 1. The van der Waals surface area contributed by atoms with Crippen LogP contribution < -0.4 is 5.32 Å². The highest BCUT2D eigenvalue weighted by Crippen LogP contribution is 2.40. The van der Waals surface area contributed by atoms with E-state index < -0.39 is 0 Å². The summed E-state index contributed by atoms with van der Waals surface area (Å²) in [4.78, 5) is 0.440. The van der Waals surface area contributed by atoms with Crippen molar-refractivity contribution in [1.82, 2.24) is 5.32 Å². The fourth-order valence-electron chi connectivity index (χ4n) is 2.19. The van der Waals surface area contributed by atoms with Gasteiger partial charge in [0.15, 0.2) is 0 Å². The molecule has 0 aromatic heterocycles. The van der Waals surface area contributed by atoms with Crippen molar-refractivity contribution in [2.24, 2.45) is 0 Å². The van der Waals surface area contributed by atoms with Crippen molar-refractivity contribution in [3.8, 4) is 0 Å². The van der Waals surface area contributed by atoms with Crippen LogP contribution in [0.1, 0.15) is 25.7 Å². The van der Waals surface area contributed by atoms with Crippen molar-refractivity contribution in [1.29, 1.82) is 0 Å². The molecule has 3 heteroatoms. The fraction of sp³-hybridized carbons (Fsp3) is 1.00. The van der Waals surface area contributed by atoms with Gasteiger partial charge in [-0.3, -0.25) is 0 Å². The second-order valence-electron chi connectivity index (χ2n) is 3.70. The van der Waals surface area contributed by atoms with E-state index in [9.17, 15) is 0 Å². The molecule has 1 saturated carbocycles. The molecule has 0 atom stereocenters. The van der Waals surface area contributed by atoms with Gasteiger partial charge in [0.2, 0.25) is 0 Å². The van der Waals surface area contributed by atoms with Gasteiger partial charge in [-0.2, -0.15) is 0 Å². The van der Waals surface area contributed by atoms with Crippen LogP contribution in [-0.4, -0.2) is 30.4 Å². The maximum absolute atomic E-state index is 5.36. The zero-order valence-electron chi connectivity index (χ0n) is 7.64. The second kappa shape index (κ2) is 3.56. The average molecular weight is 187 g/mol. The fourth-order valence-corrected chi connectivity index (χ4v) is 3.51. The largest absolute Gasteiger partial charge is 0.381 e. The zero-order chi connectivity index (χ0) is 8.44. The molecule has 1 spiro atoms. The molecule has 2 aliphatic rings. The summed E-state index contributed by atoms with van der Waals surface area (Å²) >= 11 is 2.11. The molecule has 2 fully saturated rings. The third-order valence-corrected chi connectivity index (χ3v) is 4.51. The number of hydrogen-bond acceptors (Lipinski definition) is 3. The summed E-state index contributed by atoms with van der Waals surface area (Å²) in [5, 5.41) is 3.62. The van der Waals surface area contributed by atoms with Crippen LogP contribution in [0.5, 0.6) is 0 Å². The summed E-state index contributed by atoms with van der Waals surface area (Å²) in [6.07, 6.45) is 5.57. The van der Waals surface area contributed by atoms with Gasteiger partial charge in [-0.15, -0.1) is 11.8 Å². The Morgan fingerprint density at radius 3 is 2.67 bits per heavy atom. The minimum Gasteiger partial charge on any atom is -0.381 e. The molecule has 70 valence electrons. The van der Waals surface area contributed by atoms with Crippen LogP contribution in [0.2, 0.25) is 0 Å². The van der Waals surface area contributed by atoms with Crippen LogP contribution >= 0.6 is 11.8 Å². The minimum atomic E-state index is 0.440. The van der Waals surface area contributed by atoms with Crippen LogP contribution in [0.3, 0.4) is 0 Å². The molecule has 1 heterocycles. The van der Waals surface area contributed by atoms with Crippen molar-refractivity contribution in [2.75, 3.05) is 19.4 Å². The molecule has 1 aliphatic heterocycles. The number of thioether (sulfide) groups is 1. The van der Waals surface area contributed by atoms with Gasteiger partial charge in [-0.05, 0) is 25.7 Å². The predicted octanol–water partition coefficient (Wildman–Crippen LogP) is 1.61. The summed E-state index contributed by atoms with van der Waals surface area (Å²) in [6.45, 7) is 1.20. The van der Waals surface area contributed by atoms with Crippen LogP contribution in [0, 0.1) is 0 Å². The molecule has 12 heavy (non-hydrogen) atoms. The minimum absolute atomic E-state index is 0.440. The highest BCUT2D eigenvalue weighted by molar-refractivity contribution is 8.00.